The van der Waals surface area contributed by atoms with Gasteiger partial charge in [0.2, 0.25) is 0 Å². The van der Waals surface area contributed by atoms with Gasteiger partial charge in [0.05, 0.1) is 12.2 Å². The van der Waals surface area contributed by atoms with Gasteiger partial charge in [-0.2, -0.15) is 0 Å². The molecule has 0 aliphatic carbocycles. The number of aliphatic carboxylic acids is 1. The van der Waals surface area contributed by atoms with Crippen LogP contribution in [0.2, 0.25) is 0 Å². The molecule has 46 heavy (non-hydrogen) atoms. The molecule has 0 aliphatic rings. The van der Waals surface area contributed by atoms with Crippen LogP contribution in [0.15, 0.2) is 132 Å². The van der Waals surface area contributed by atoms with Crippen LogP contribution in [0.4, 0.5) is 0 Å². The van der Waals surface area contributed by atoms with Gasteiger partial charge in [0.1, 0.15) is 23.3 Å². The number of carboxylic acids is 1. The maximum Gasteiger partial charge on any atom is 0.326 e. The van der Waals surface area contributed by atoms with E-state index in [1.165, 1.54) is 5.56 Å². The second-order valence-corrected chi connectivity index (χ2v) is 11.9. The first-order valence-electron chi connectivity index (χ1n) is 15.4. The van der Waals surface area contributed by atoms with Crippen molar-refractivity contribution in [1.29, 1.82) is 0 Å². The average Bonchev–Trinajstić information content (AvgIpc) is 3.08. The minimum atomic E-state index is -1.13. The number of aryl methyl sites for hydroxylation is 1. The number of carbonyl (C=O) groups is 2. The van der Waals surface area contributed by atoms with Crippen molar-refractivity contribution in [3.63, 3.8) is 0 Å². The second-order valence-electron chi connectivity index (χ2n) is 11.0. The number of carbonyl (C=O) groups excluding carboxylic acids is 1. The van der Waals surface area contributed by atoms with Gasteiger partial charge in [0.15, 0.2) is 0 Å². The maximum atomic E-state index is 13.4. The lowest BCUT2D eigenvalue weighted by molar-refractivity contribution is -0.139. The molecule has 0 fully saturated rings. The van der Waals surface area contributed by atoms with Crippen molar-refractivity contribution in [2.45, 2.75) is 38.1 Å². The number of para-hydroxylation sites is 2. The first-order chi connectivity index (χ1) is 22.5. The molecule has 5 aromatic carbocycles. The number of ether oxygens (including phenoxy) is 2. The van der Waals surface area contributed by atoms with E-state index in [0.29, 0.717) is 16.8 Å². The van der Waals surface area contributed by atoms with Crippen LogP contribution in [-0.2, 0) is 17.6 Å². The quantitative estimate of drug-likeness (QED) is 0.108. The van der Waals surface area contributed by atoms with Gasteiger partial charge in [-0.25, -0.2) is 4.79 Å². The van der Waals surface area contributed by atoms with E-state index < -0.39 is 17.9 Å². The number of rotatable bonds is 15. The second kappa shape index (κ2) is 16.4. The molecule has 0 spiro atoms. The molecule has 2 N–H and O–H groups in total. The predicted octanol–water partition coefficient (Wildman–Crippen LogP) is 9.13. The minimum Gasteiger partial charge on any atom is -0.493 e. The molecule has 0 saturated heterocycles. The molecule has 0 heterocycles. The summed E-state index contributed by atoms with van der Waals surface area (Å²) in [7, 11) is 0. The average molecular weight is 679 g/mol. The highest BCUT2D eigenvalue weighted by molar-refractivity contribution is 9.10. The third-order valence-electron chi connectivity index (χ3n) is 7.56. The Morgan fingerprint density at radius 3 is 2.15 bits per heavy atom. The van der Waals surface area contributed by atoms with Gasteiger partial charge in [-0.1, -0.05) is 107 Å². The normalized spacial score (nSPS) is 11.4. The van der Waals surface area contributed by atoms with Crippen LogP contribution < -0.4 is 14.8 Å². The third kappa shape index (κ3) is 9.31. The van der Waals surface area contributed by atoms with E-state index in [9.17, 15) is 14.7 Å². The number of hydrogen-bond donors (Lipinski definition) is 2. The van der Waals surface area contributed by atoms with Gasteiger partial charge in [-0.15, -0.1) is 0 Å². The summed E-state index contributed by atoms with van der Waals surface area (Å²) in [5, 5.41) is 12.7. The van der Waals surface area contributed by atoms with Crippen molar-refractivity contribution >= 4 is 27.8 Å². The fraction of sp³-hybridized carbons (Fsp3) is 0.179. The molecule has 0 bridgehead atoms. The van der Waals surface area contributed by atoms with Gasteiger partial charge < -0.3 is 19.9 Å². The van der Waals surface area contributed by atoms with Gasteiger partial charge in [-0.3, -0.25) is 4.79 Å². The molecule has 5 aromatic rings. The van der Waals surface area contributed by atoms with E-state index in [1.807, 2.05) is 97.1 Å². The summed E-state index contributed by atoms with van der Waals surface area (Å²) in [6.45, 7) is 0.463. The Bertz CT molecular complexity index is 1730. The minimum absolute atomic E-state index is 0.120. The Morgan fingerprint density at radius 1 is 0.717 bits per heavy atom. The lowest BCUT2D eigenvalue weighted by Crippen LogP contribution is -2.42. The monoisotopic (exact) mass is 677 g/mol. The van der Waals surface area contributed by atoms with Crippen molar-refractivity contribution in [3.8, 4) is 28.4 Å². The Kier molecular flexibility index (Phi) is 11.6. The van der Waals surface area contributed by atoms with Crippen LogP contribution in [-0.4, -0.2) is 29.6 Å². The smallest absolute Gasteiger partial charge is 0.326 e. The van der Waals surface area contributed by atoms with Crippen molar-refractivity contribution < 1.29 is 24.2 Å². The maximum absolute atomic E-state index is 13.4. The van der Waals surface area contributed by atoms with Crippen LogP contribution in [0.1, 0.15) is 40.7 Å². The van der Waals surface area contributed by atoms with Gasteiger partial charge in [0, 0.05) is 16.5 Å². The van der Waals surface area contributed by atoms with Crippen LogP contribution in [0.3, 0.4) is 0 Å². The van der Waals surface area contributed by atoms with E-state index >= 15 is 0 Å². The zero-order valence-electron chi connectivity index (χ0n) is 25.4. The predicted molar refractivity (Wildman–Crippen MR) is 185 cm³/mol. The molecule has 1 atom stereocenters. The van der Waals surface area contributed by atoms with Crippen LogP contribution in [0, 0.1) is 0 Å². The molecule has 0 aliphatic heterocycles. The molecule has 0 saturated carbocycles. The highest BCUT2D eigenvalue weighted by Gasteiger charge is 2.23. The summed E-state index contributed by atoms with van der Waals surface area (Å²) in [5.41, 5.74) is 4.23. The standard InChI is InChI=1S/C39H36BrNO5/c40-31-23-24-36(45-25-11-3-6-14-28-12-4-1-5-13-28)34(27-31)38(42)41-35(39(43)44)26-29-19-21-30(22-20-29)33-17-9-10-18-37(33)46-32-15-7-2-8-16-32/h1-2,4-5,7-10,12-13,15-24,27,35H,3,6,11,14,25-26H2,(H,41,42)(H,43,44)/t35-/m0/s1. The summed E-state index contributed by atoms with van der Waals surface area (Å²) >= 11 is 3.43. The molecular weight excluding hydrogens is 642 g/mol. The number of carboxylic acid groups (broad SMARTS) is 1. The zero-order chi connectivity index (χ0) is 32.1. The van der Waals surface area contributed by atoms with E-state index in [4.69, 9.17) is 9.47 Å². The van der Waals surface area contributed by atoms with Crippen molar-refractivity contribution in [1.82, 2.24) is 5.32 Å². The van der Waals surface area contributed by atoms with Crippen LogP contribution >= 0.6 is 15.9 Å². The Labute approximate surface area is 278 Å². The zero-order valence-corrected chi connectivity index (χ0v) is 27.0. The molecule has 234 valence electrons. The number of benzene rings is 5. The highest BCUT2D eigenvalue weighted by atomic mass is 79.9. The first kappa shape index (κ1) is 32.5. The highest BCUT2D eigenvalue weighted by Crippen LogP contribution is 2.33. The molecule has 0 aromatic heterocycles. The number of halogens is 1. The fourth-order valence-corrected chi connectivity index (χ4v) is 5.50. The summed E-state index contributed by atoms with van der Waals surface area (Å²) in [4.78, 5) is 25.6. The SMILES string of the molecule is O=C(N[C@@H](Cc1ccc(-c2ccccc2Oc2ccccc2)cc1)C(=O)O)c1cc(Br)ccc1OCCCCCc1ccccc1. The molecule has 5 rings (SSSR count). The van der Waals surface area contributed by atoms with Crippen molar-refractivity contribution in [2.24, 2.45) is 0 Å². The number of unbranched alkanes of at least 4 members (excludes halogenated alkanes) is 2. The summed E-state index contributed by atoms with van der Waals surface area (Å²) in [6, 6.07) is 39.4. The largest absolute Gasteiger partial charge is 0.493 e. The van der Waals surface area contributed by atoms with Gasteiger partial charge in [-0.05, 0) is 78.8 Å². The van der Waals surface area contributed by atoms with Crippen LogP contribution in [0.25, 0.3) is 11.1 Å². The van der Waals surface area contributed by atoms with Gasteiger partial charge >= 0.3 is 5.97 Å². The molecule has 0 radical (unpaired) electrons. The molecule has 1 amide bonds. The Hall–Kier alpha value is -4.88. The summed E-state index contributed by atoms with van der Waals surface area (Å²) in [6.07, 6.45) is 4.03. The molecule has 6 nitrogen and oxygen atoms in total. The number of hydrogen-bond acceptors (Lipinski definition) is 4. The van der Waals surface area contributed by atoms with Crippen molar-refractivity contribution in [2.75, 3.05) is 6.61 Å². The van der Waals surface area contributed by atoms with Crippen LogP contribution in [0.5, 0.6) is 17.2 Å². The lowest BCUT2D eigenvalue weighted by atomic mass is 9.99. The van der Waals surface area contributed by atoms with E-state index in [0.717, 1.165) is 53.9 Å². The van der Waals surface area contributed by atoms with E-state index in [-0.39, 0.29) is 12.0 Å². The summed E-state index contributed by atoms with van der Waals surface area (Å²) in [5.74, 6) is 0.265. The van der Waals surface area contributed by atoms with Crippen molar-refractivity contribution in [3.05, 3.63) is 149 Å². The lowest BCUT2D eigenvalue weighted by Gasteiger charge is -2.17. The molecular formula is C39H36BrNO5. The summed E-state index contributed by atoms with van der Waals surface area (Å²) < 4.78 is 12.8. The third-order valence-corrected chi connectivity index (χ3v) is 8.06. The van der Waals surface area contributed by atoms with E-state index in [1.54, 1.807) is 18.2 Å². The fourth-order valence-electron chi connectivity index (χ4n) is 5.14. The number of amides is 1. The topological polar surface area (TPSA) is 84.9 Å². The van der Waals surface area contributed by atoms with Gasteiger partial charge in [0.25, 0.3) is 5.91 Å². The Morgan fingerprint density at radius 2 is 1.41 bits per heavy atom. The van der Waals surface area contributed by atoms with E-state index in [2.05, 4.69) is 33.4 Å². The Balaban J connectivity index is 1.19. The molecule has 0 unspecified atom stereocenters. The number of nitrogens with one attached hydrogen (secondary N) is 1. The molecule has 7 heteroatoms. The first-order valence-corrected chi connectivity index (χ1v) is 16.2.